The van der Waals surface area contributed by atoms with E-state index in [0.717, 1.165) is 18.9 Å². The van der Waals surface area contributed by atoms with Crippen LogP contribution in [-0.4, -0.2) is 16.7 Å². The van der Waals surface area contributed by atoms with Gasteiger partial charge in [0.05, 0.1) is 6.04 Å². The van der Waals surface area contributed by atoms with Gasteiger partial charge in [0, 0.05) is 5.92 Å². The minimum Gasteiger partial charge on any atom is -0.423 e. The summed E-state index contributed by atoms with van der Waals surface area (Å²) in [5, 5.41) is 11.5. The highest BCUT2D eigenvalue weighted by Crippen LogP contribution is 2.58. The van der Waals surface area contributed by atoms with Crippen molar-refractivity contribution >= 4 is 0 Å². The van der Waals surface area contributed by atoms with Gasteiger partial charge in [0.15, 0.2) is 0 Å². The van der Waals surface area contributed by atoms with E-state index in [4.69, 9.17) is 4.42 Å². The van der Waals surface area contributed by atoms with Crippen LogP contribution in [0.3, 0.4) is 0 Å². The maximum atomic E-state index is 5.67. The van der Waals surface area contributed by atoms with Crippen molar-refractivity contribution in [1.29, 1.82) is 0 Å². The molecule has 0 bridgehead atoms. The van der Waals surface area contributed by atoms with Crippen molar-refractivity contribution in [3.8, 4) is 0 Å². The van der Waals surface area contributed by atoms with Gasteiger partial charge in [0.25, 0.3) is 0 Å². The molecule has 1 saturated carbocycles. The summed E-state index contributed by atoms with van der Waals surface area (Å²) >= 11 is 0. The van der Waals surface area contributed by atoms with Crippen molar-refractivity contribution < 1.29 is 4.42 Å². The molecule has 0 radical (unpaired) electrons. The largest absolute Gasteiger partial charge is 0.423 e. The highest BCUT2D eigenvalue weighted by molar-refractivity contribution is 5.12. The Kier molecular flexibility index (Phi) is 2.54. The highest BCUT2D eigenvalue weighted by Gasteiger charge is 2.50. The van der Waals surface area contributed by atoms with Gasteiger partial charge in [0.1, 0.15) is 0 Å². The van der Waals surface area contributed by atoms with Gasteiger partial charge in [-0.2, -0.15) is 0 Å². The second-order valence-corrected chi connectivity index (χ2v) is 5.00. The van der Waals surface area contributed by atoms with Crippen molar-refractivity contribution in [3.63, 3.8) is 0 Å². The lowest BCUT2D eigenvalue weighted by Crippen LogP contribution is -2.17. The lowest BCUT2D eigenvalue weighted by molar-refractivity contribution is 0.388. The first-order valence-electron chi connectivity index (χ1n) is 5.61. The Morgan fingerprint density at radius 1 is 1.53 bits per heavy atom. The van der Waals surface area contributed by atoms with Crippen LogP contribution in [0, 0.1) is 5.41 Å². The summed E-state index contributed by atoms with van der Waals surface area (Å²) in [6, 6.07) is 0.151. The van der Waals surface area contributed by atoms with E-state index < -0.39 is 0 Å². The second kappa shape index (κ2) is 3.59. The van der Waals surface area contributed by atoms with Crippen LogP contribution in [0.1, 0.15) is 57.9 Å². The molecule has 4 nitrogen and oxygen atoms in total. The lowest BCUT2D eigenvalue weighted by atomic mass is 10.1. The smallest absolute Gasteiger partial charge is 0.233 e. The summed E-state index contributed by atoms with van der Waals surface area (Å²) in [4.78, 5) is 0. The zero-order valence-corrected chi connectivity index (χ0v) is 9.87. The van der Waals surface area contributed by atoms with E-state index in [1.165, 1.54) is 0 Å². The van der Waals surface area contributed by atoms with E-state index in [2.05, 4.69) is 36.3 Å². The van der Waals surface area contributed by atoms with Crippen LogP contribution < -0.4 is 5.32 Å². The maximum absolute atomic E-state index is 5.67. The first-order chi connectivity index (χ1) is 7.04. The van der Waals surface area contributed by atoms with Gasteiger partial charge in [-0.05, 0) is 25.3 Å². The van der Waals surface area contributed by atoms with Gasteiger partial charge in [0.2, 0.25) is 11.8 Å². The fourth-order valence-electron chi connectivity index (χ4n) is 1.84. The van der Waals surface area contributed by atoms with Crippen LogP contribution in [0.25, 0.3) is 0 Å². The van der Waals surface area contributed by atoms with Gasteiger partial charge in [-0.15, -0.1) is 10.2 Å². The third-order valence-corrected chi connectivity index (χ3v) is 3.15. The SMILES string of the molecule is CCNC(C)c1nnc(C2CC2(C)C)o1. The summed E-state index contributed by atoms with van der Waals surface area (Å²) in [5.41, 5.74) is 0.352. The van der Waals surface area contributed by atoms with Gasteiger partial charge < -0.3 is 9.73 Å². The first-order valence-corrected chi connectivity index (χ1v) is 5.61. The molecule has 2 rings (SSSR count). The molecule has 1 aliphatic carbocycles. The molecule has 0 amide bonds. The topological polar surface area (TPSA) is 51.0 Å². The fourth-order valence-corrected chi connectivity index (χ4v) is 1.84. The molecule has 15 heavy (non-hydrogen) atoms. The normalized spacial score (nSPS) is 25.2. The molecule has 2 unspecified atom stereocenters. The Hall–Kier alpha value is -0.900. The van der Waals surface area contributed by atoms with Crippen LogP contribution in [-0.2, 0) is 0 Å². The standard InChI is InChI=1S/C11H19N3O/c1-5-12-7(2)9-13-14-10(15-9)8-6-11(8,3)4/h7-8,12H,5-6H2,1-4H3. The number of nitrogens with one attached hydrogen (secondary N) is 1. The molecule has 4 heteroatoms. The predicted octanol–water partition coefficient (Wildman–Crippen LogP) is 2.25. The number of aromatic nitrogens is 2. The molecule has 1 fully saturated rings. The summed E-state index contributed by atoms with van der Waals surface area (Å²) in [6.45, 7) is 9.48. The van der Waals surface area contributed by atoms with Gasteiger partial charge >= 0.3 is 0 Å². The van der Waals surface area contributed by atoms with Gasteiger partial charge in [-0.3, -0.25) is 0 Å². The molecule has 1 aliphatic rings. The Labute approximate surface area is 90.5 Å². The molecule has 0 aliphatic heterocycles. The lowest BCUT2D eigenvalue weighted by Gasteiger charge is -2.05. The monoisotopic (exact) mass is 209 g/mol. The molecule has 1 heterocycles. The fraction of sp³-hybridized carbons (Fsp3) is 0.818. The quantitative estimate of drug-likeness (QED) is 0.826. The summed E-state index contributed by atoms with van der Waals surface area (Å²) in [7, 11) is 0. The highest BCUT2D eigenvalue weighted by atomic mass is 16.4. The number of rotatable bonds is 4. The summed E-state index contributed by atoms with van der Waals surface area (Å²) < 4.78 is 5.67. The minimum absolute atomic E-state index is 0.151. The van der Waals surface area contributed by atoms with Crippen LogP contribution in [0.2, 0.25) is 0 Å². The summed E-state index contributed by atoms with van der Waals surface area (Å²) in [5.74, 6) is 1.97. The Balaban J connectivity index is 2.05. The molecule has 1 aromatic rings. The van der Waals surface area contributed by atoms with Crippen molar-refractivity contribution in [3.05, 3.63) is 11.8 Å². The van der Waals surface area contributed by atoms with Crippen LogP contribution >= 0.6 is 0 Å². The van der Waals surface area contributed by atoms with E-state index in [1.807, 2.05) is 6.92 Å². The average Bonchev–Trinajstić information content (AvgIpc) is 2.66. The molecular weight excluding hydrogens is 190 g/mol. The molecule has 2 atom stereocenters. The molecule has 0 aromatic carbocycles. The molecular formula is C11H19N3O. The zero-order valence-electron chi connectivity index (χ0n) is 9.87. The van der Waals surface area contributed by atoms with Crippen molar-refractivity contribution in [2.45, 2.75) is 46.1 Å². The van der Waals surface area contributed by atoms with Crippen LogP contribution in [0.4, 0.5) is 0 Å². The molecule has 1 N–H and O–H groups in total. The Morgan fingerprint density at radius 2 is 2.20 bits per heavy atom. The maximum Gasteiger partial charge on any atom is 0.233 e. The minimum atomic E-state index is 0.151. The molecule has 0 saturated heterocycles. The van der Waals surface area contributed by atoms with Crippen molar-refractivity contribution in [2.24, 2.45) is 5.41 Å². The van der Waals surface area contributed by atoms with Crippen LogP contribution in [0.15, 0.2) is 4.42 Å². The molecule has 0 spiro atoms. The number of hydrogen-bond acceptors (Lipinski definition) is 4. The zero-order chi connectivity index (χ0) is 11.1. The van der Waals surface area contributed by atoms with Gasteiger partial charge in [-0.25, -0.2) is 0 Å². The molecule has 84 valence electrons. The van der Waals surface area contributed by atoms with Crippen LogP contribution in [0.5, 0.6) is 0 Å². The predicted molar refractivity (Wildman–Crippen MR) is 57.5 cm³/mol. The summed E-state index contributed by atoms with van der Waals surface area (Å²) in [6.07, 6.45) is 1.16. The van der Waals surface area contributed by atoms with Crippen molar-refractivity contribution in [1.82, 2.24) is 15.5 Å². The van der Waals surface area contributed by atoms with Gasteiger partial charge in [-0.1, -0.05) is 20.8 Å². The van der Waals surface area contributed by atoms with E-state index in [1.54, 1.807) is 0 Å². The van der Waals surface area contributed by atoms with E-state index in [9.17, 15) is 0 Å². The number of nitrogens with zero attached hydrogens (tertiary/aromatic N) is 2. The molecule has 1 aromatic heterocycles. The van der Waals surface area contributed by atoms with E-state index in [0.29, 0.717) is 17.2 Å². The van der Waals surface area contributed by atoms with Crippen molar-refractivity contribution in [2.75, 3.05) is 6.54 Å². The number of hydrogen-bond donors (Lipinski definition) is 1. The second-order valence-electron chi connectivity index (χ2n) is 5.00. The first kappa shape index (κ1) is 10.6. The average molecular weight is 209 g/mol. The third kappa shape index (κ3) is 2.04. The Bertz CT molecular complexity index is 345. The van der Waals surface area contributed by atoms with E-state index in [-0.39, 0.29) is 6.04 Å². The Morgan fingerprint density at radius 3 is 2.73 bits per heavy atom. The third-order valence-electron chi connectivity index (χ3n) is 3.15. The van der Waals surface area contributed by atoms with E-state index >= 15 is 0 Å².